The molecule has 0 amide bonds. The standard InChI is InChI=1S/C17H15N3O/c1-21-15-9-8-14(19-16(15)11-6-7-11)17-18-10-12-4-2-3-5-13(12)20-17/h2-5,8-11H,6-7H2,1H3. The Morgan fingerprint density at radius 1 is 1.05 bits per heavy atom. The average molecular weight is 277 g/mol. The number of nitrogens with zero attached hydrogens (tertiary/aromatic N) is 3. The summed E-state index contributed by atoms with van der Waals surface area (Å²) in [6, 6.07) is 11.9. The second-order valence-corrected chi connectivity index (χ2v) is 5.31. The van der Waals surface area contributed by atoms with Crippen LogP contribution in [0.15, 0.2) is 42.6 Å². The Kier molecular flexibility index (Phi) is 2.81. The van der Waals surface area contributed by atoms with Gasteiger partial charge < -0.3 is 4.74 Å². The molecule has 4 nitrogen and oxygen atoms in total. The van der Waals surface area contributed by atoms with E-state index in [1.807, 2.05) is 42.6 Å². The first kappa shape index (κ1) is 12.3. The van der Waals surface area contributed by atoms with Gasteiger partial charge in [-0.1, -0.05) is 18.2 Å². The topological polar surface area (TPSA) is 47.9 Å². The van der Waals surface area contributed by atoms with E-state index in [9.17, 15) is 0 Å². The van der Waals surface area contributed by atoms with Gasteiger partial charge in [0.1, 0.15) is 11.4 Å². The highest BCUT2D eigenvalue weighted by Crippen LogP contribution is 2.43. The van der Waals surface area contributed by atoms with Crippen LogP contribution in [0.1, 0.15) is 24.5 Å². The van der Waals surface area contributed by atoms with Crippen molar-refractivity contribution in [3.05, 3.63) is 48.3 Å². The van der Waals surface area contributed by atoms with Crippen LogP contribution >= 0.6 is 0 Å². The SMILES string of the molecule is COc1ccc(-c2ncc3ccccc3n2)nc1C1CC1. The fourth-order valence-corrected chi connectivity index (χ4v) is 2.50. The van der Waals surface area contributed by atoms with Crippen LogP contribution in [0.4, 0.5) is 0 Å². The quantitative estimate of drug-likeness (QED) is 0.734. The first-order valence-corrected chi connectivity index (χ1v) is 7.12. The number of pyridine rings is 1. The summed E-state index contributed by atoms with van der Waals surface area (Å²) in [6.45, 7) is 0. The van der Waals surface area contributed by atoms with E-state index in [0.29, 0.717) is 11.7 Å². The maximum absolute atomic E-state index is 5.40. The van der Waals surface area contributed by atoms with Crippen LogP contribution in [0, 0.1) is 0 Å². The molecule has 1 fully saturated rings. The lowest BCUT2D eigenvalue weighted by molar-refractivity contribution is 0.407. The second kappa shape index (κ2) is 4.81. The summed E-state index contributed by atoms with van der Waals surface area (Å²) < 4.78 is 5.40. The molecule has 2 heterocycles. The highest BCUT2D eigenvalue weighted by atomic mass is 16.5. The average Bonchev–Trinajstić information content (AvgIpc) is 3.38. The molecule has 1 aliphatic rings. The molecule has 3 aromatic rings. The van der Waals surface area contributed by atoms with Gasteiger partial charge in [0, 0.05) is 17.5 Å². The molecule has 4 heteroatoms. The van der Waals surface area contributed by atoms with E-state index >= 15 is 0 Å². The molecule has 1 aromatic carbocycles. The molecule has 0 N–H and O–H groups in total. The number of aromatic nitrogens is 3. The molecule has 0 aliphatic heterocycles. The normalized spacial score (nSPS) is 14.3. The third-order valence-corrected chi connectivity index (χ3v) is 3.79. The Hall–Kier alpha value is -2.49. The van der Waals surface area contributed by atoms with Crippen molar-refractivity contribution >= 4 is 10.9 Å². The van der Waals surface area contributed by atoms with Gasteiger partial charge in [-0.15, -0.1) is 0 Å². The maximum Gasteiger partial charge on any atom is 0.178 e. The van der Waals surface area contributed by atoms with Crippen LogP contribution < -0.4 is 4.74 Å². The summed E-state index contributed by atoms with van der Waals surface area (Å²) in [6.07, 6.45) is 4.22. The third kappa shape index (κ3) is 2.23. The predicted octanol–water partition coefficient (Wildman–Crippen LogP) is 3.58. The molecular formula is C17H15N3O. The molecule has 1 saturated carbocycles. The van der Waals surface area contributed by atoms with Gasteiger partial charge in [-0.2, -0.15) is 0 Å². The summed E-state index contributed by atoms with van der Waals surface area (Å²) in [4.78, 5) is 13.8. The number of methoxy groups -OCH3 is 1. The Morgan fingerprint density at radius 3 is 2.71 bits per heavy atom. The zero-order valence-electron chi connectivity index (χ0n) is 11.8. The molecule has 0 atom stereocenters. The van der Waals surface area contributed by atoms with Gasteiger partial charge in [-0.05, 0) is 31.0 Å². The Labute approximate surface area is 122 Å². The zero-order chi connectivity index (χ0) is 14.2. The first-order valence-electron chi connectivity index (χ1n) is 7.12. The largest absolute Gasteiger partial charge is 0.495 e. The van der Waals surface area contributed by atoms with Crippen molar-refractivity contribution in [2.24, 2.45) is 0 Å². The van der Waals surface area contributed by atoms with Gasteiger partial charge >= 0.3 is 0 Å². The Balaban J connectivity index is 1.82. The van der Waals surface area contributed by atoms with Crippen molar-refractivity contribution in [1.29, 1.82) is 0 Å². The van der Waals surface area contributed by atoms with Crippen molar-refractivity contribution in [2.45, 2.75) is 18.8 Å². The van der Waals surface area contributed by atoms with Crippen molar-refractivity contribution in [2.75, 3.05) is 7.11 Å². The van der Waals surface area contributed by atoms with Gasteiger partial charge in [-0.25, -0.2) is 15.0 Å². The van der Waals surface area contributed by atoms with Crippen LogP contribution in [0.2, 0.25) is 0 Å². The number of fused-ring (bicyclic) bond motifs is 1. The second-order valence-electron chi connectivity index (χ2n) is 5.31. The van der Waals surface area contributed by atoms with E-state index in [1.165, 1.54) is 12.8 Å². The van der Waals surface area contributed by atoms with Crippen LogP contribution in [-0.2, 0) is 0 Å². The molecule has 4 rings (SSSR count). The van der Waals surface area contributed by atoms with Crippen LogP contribution in [0.3, 0.4) is 0 Å². The summed E-state index contributed by atoms with van der Waals surface area (Å²) in [5.74, 6) is 2.06. The van der Waals surface area contributed by atoms with E-state index in [1.54, 1.807) is 7.11 Å². The molecule has 0 radical (unpaired) electrons. The minimum absolute atomic E-state index is 0.528. The fraction of sp³-hybridized carbons (Fsp3) is 0.235. The number of benzene rings is 1. The number of para-hydroxylation sites is 1. The highest BCUT2D eigenvalue weighted by molar-refractivity contribution is 5.79. The van der Waals surface area contributed by atoms with Gasteiger partial charge in [0.2, 0.25) is 0 Å². The minimum Gasteiger partial charge on any atom is -0.495 e. The van der Waals surface area contributed by atoms with Gasteiger partial charge in [0.25, 0.3) is 0 Å². The highest BCUT2D eigenvalue weighted by Gasteiger charge is 2.28. The van der Waals surface area contributed by atoms with E-state index in [4.69, 9.17) is 9.72 Å². The Morgan fingerprint density at radius 2 is 1.90 bits per heavy atom. The number of ether oxygens (including phenoxy) is 1. The lowest BCUT2D eigenvalue weighted by Crippen LogP contribution is -1.98. The molecule has 1 aliphatic carbocycles. The molecular weight excluding hydrogens is 262 g/mol. The van der Waals surface area contributed by atoms with Crippen molar-refractivity contribution in [3.8, 4) is 17.3 Å². The smallest absolute Gasteiger partial charge is 0.178 e. The lowest BCUT2D eigenvalue weighted by atomic mass is 10.2. The first-order chi connectivity index (χ1) is 10.3. The van der Waals surface area contributed by atoms with Crippen molar-refractivity contribution in [3.63, 3.8) is 0 Å². The van der Waals surface area contributed by atoms with Crippen LogP contribution in [0.5, 0.6) is 5.75 Å². The predicted molar refractivity (Wildman–Crippen MR) is 81.3 cm³/mol. The summed E-state index contributed by atoms with van der Waals surface area (Å²) >= 11 is 0. The van der Waals surface area contributed by atoms with Crippen molar-refractivity contribution in [1.82, 2.24) is 15.0 Å². The molecule has 104 valence electrons. The van der Waals surface area contributed by atoms with E-state index in [0.717, 1.165) is 28.0 Å². The van der Waals surface area contributed by atoms with Crippen molar-refractivity contribution < 1.29 is 4.74 Å². The molecule has 21 heavy (non-hydrogen) atoms. The fourth-order valence-electron chi connectivity index (χ4n) is 2.50. The van der Waals surface area contributed by atoms with E-state index < -0.39 is 0 Å². The van der Waals surface area contributed by atoms with Gasteiger partial charge in [0.15, 0.2) is 5.82 Å². The minimum atomic E-state index is 0.528. The van der Waals surface area contributed by atoms with Crippen LogP contribution in [-0.4, -0.2) is 22.1 Å². The van der Waals surface area contributed by atoms with Gasteiger partial charge in [-0.3, -0.25) is 0 Å². The number of hydrogen-bond donors (Lipinski definition) is 0. The van der Waals surface area contributed by atoms with E-state index in [2.05, 4.69) is 9.97 Å². The molecule has 0 unspecified atom stereocenters. The lowest BCUT2D eigenvalue weighted by Gasteiger charge is -2.08. The summed E-state index contributed by atoms with van der Waals surface area (Å²) in [5, 5.41) is 1.04. The molecule has 0 bridgehead atoms. The monoisotopic (exact) mass is 277 g/mol. The number of rotatable bonds is 3. The molecule has 0 saturated heterocycles. The molecule has 0 spiro atoms. The summed E-state index contributed by atoms with van der Waals surface area (Å²) in [7, 11) is 1.69. The summed E-state index contributed by atoms with van der Waals surface area (Å²) in [5.41, 5.74) is 2.78. The number of hydrogen-bond acceptors (Lipinski definition) is 4. The zero-order valence-corrected chi connectivity index (χ0v) is 11.8. The Bertz CT molecular complexity index is 812. The third-order valence-electron chi connectivity index (χ3n) is 3.79. The van der Waals surface area contributed by atoms with Gasteiger partial charge in [0.05, 0.1) is 18.3 Å². The van der Waals surface area contributed by atoms with Crippen LogP contribution in [0.25, 0.3) is 22.4 Å². The maximum atomic E-state index is 5.40. The van der Waals surface area contributed by atoms with E-state index in [-0.39, 0.29) is 0 Å². The molecule has 2 aromatic heterocycles.